The van der Waals surface area contributed by atoms with Crippen molar-refractivity contribution in [1.82, 2.24) is 15.1 Å². The van der Waals surface area contributed by atoms with Crippen molar-refractivity contribution < 1.29 is 23.9 Å². The van der Waals surface area contributed by atoms with Crippen LogP contribution in [0.5, 0.6) is 5.75 Å². The molecule has 0 radical (unpaired) electrons. The molecule has 2 aromatic rings. The third-order valence-electron chi connectivity index (χ3n) is 6.13. The monoisotopic (exact) mass is 449 g/mol. The van der Waals surface area contributed by atoms with E-state index in [1.807, 2.05) is 0 Å². The minimum atomic E-state index is -0.371. The third-order valence-corrected chi connectivity index (χ3v) is 6.13. The quantitative estimate of drug-likeness (QED) is 0.708. The summed E-state index contributed by atoms with van der Waals surface area (Å²) in [5, 5.41) is 3.00. The number of benzene rings is 2. The Morgan fingerprint density at radius 3 is 2.33 bits per heavy atom. The number of nitrogens with one attached hydrogen (secondary N) is 1. The van der Waals surface area contributed by atoms with E-state index >= 15 is 0 Å². The number of carbonyl (C=O) groups excluding carboxylic acids is 4. The highest BCUT2D eigenvalue weighted by atomic mass is 16.5. The third kappa shape index (κ3) is 4.33. The first-order valence-corrected chi connectivity index (χ1v) is 11.1. The average Bonchev–Trinajstić information content (AvgIpc) is 3.08. The fourth-order valence-electron chi connectivity index (χ4n) is 4.30. The van der Waals surface area contributed by atoms with Crippen molar-refractivity contribution in [3.63, 3.8) is 0 Å². The smallest absolute Gasteiger partial charge is 0.261 e. The largest absolute Gasteiger partial charge is 0.497 e. The van der Waals surface area contributed by atoms with Crippen LogP contribution >= 0.6 is 0 Å². The topological polar surface area (TPSA) is 96.0 Å². The van der Waals surface area contributed by atoms with Crippen molar-refractivity contribution >= 4 is 23.6 Å². The first-order chi connectivity index (χ1) is 15.8. The van der Waals surface area contributed by atoms with E-state index in [9.17, 15) is 19.2 Å². The summed E-state index contributed by atoms with van der Waals surface area (Å²) in [5.74, 6) is -0.420. The van der Waals surface area contributed by atoms with Crippen molar-refractivity contribution in [1.29, 1.82) is 0 Å². The zero-order chi connectivity index (χ0) is 23.7. The van der Waals surface area contributed by atoms with Gasteiger partial charge < -0.3 is 15.0 Å². The minimum Gasteiger partial charge on any atom is -0.497 e. The number of piperidine rings is 1. The number of methoxy groups -OCH3 is 1. The second-order valence-corrected chi connectivity index (χ2v) is 8.61. The van der Waals surface area contributed by atoms with Gasteiger partial charge in [-0.05, 0) is 63.1 Å². The summed E-state index contributed by atoms with van der Waals surface area (Å²) in [7, 11) is 1.56. The van der Waals surface area contributed by atoms with Crippen molar-refractivity contribution in [2.24, 2.45) is 0 Å². The van der Waals surface area contributed by atoms with Gasteiger partial charge in [-0.25, -0.2) is 0 Å². The zero-order valence-corrected chi connectivity index (χ0v) is 19.0. The molecule has 0 aliphatic carbocycles. The molecule has 2 aliphatic rings. The molecule has 2 aliphatic heterocycles. The van der Waals surface area contributed by atoms with Crippen LogP contribution in [0, 0.1) is 0 Å². The Hall–Kier alpha value is -3.68. The van der Waals surface area contributed by atoms with Crippen LogP contribution in [-0.2, 0) is 0 Å². The van der Waals surface area contributed by atoms with E-state index in [4.69, 9.17) is 4.74 Å². The van der Waals surface area contributed by atoms with Gasteiger partial charge in [0, 0.05) is 36.3 Å². The maximum Gasteiger partial charge on any atom is 0.261 e. The average molecular weight is 450 g/mol. The van der Waals surface area contributed by atoms with E-state index in [-0.39, 0.29) is 41.3 Å². The summed E-state index contributed by atoms with van der Waals surface area (Å²) in [6.45, 7) is 4.62. The standard InChI is InChI=1S/C25H27N3O5/c1-15(2)28-24(31)20-8-7-16(14-21(20)25(28)32)22(29)26-18-9-11-27(12-10-18)23(30)17-5-4-6-19(13-17)33-3/h4-8,13-15,18H,9-12H2,1-3H3,(H,26,29). The van der Waals surface area contributed by atoms with Gasteiger partial charge in [-0.2, -0.15) is 0 Å². The molecular weight excluding hydrogens is 422 g/mol. The van der Waals surface area contributed by atoms with Gasteiger partial charge in [0.05, 0.1) is 18.2 Å². The van der Waals surface area contributed by atoms with Gasteiger partial charge in [0.15, 0.2) is 0 Å². The molecule has 0 spiro atoms. The molecule has 33 heavy (non-hydrogen) atoms. The molecule has 1 saturated heterocycles. The molecule has 2 aromatic carbocycles. The second kappa shape index (κ2) is 9.05. The lowest BCUT2D eigenvalue weighted by atomic mass is 10.0. The molecule has 0 saturated carbocycles. The fourth-order valence-corrected chi connectivity index (χ4v) is 4.30. The summed E-state index contributed by atoms with van der Waals surface area (Å²) >= 11 is 0. The Labute approximate surface area is 192 Å². The van der Waals surface area contributed by atoms with Gasteiger partial charge >= 0.3 is 0 Å². The molecule has 1 fully saturated rings. The molecule has 8 heteroatoms. The number of rotatable bonds is 5. The van der Waals surface area contributed by atoms with Crippen LogP contribution in [0.3, 0.4) is 0 Å². The lowest BCUT2D eigenvalue weighted by Gasteiger charge is -2.32. The molecule has 0 atom stereocenters. The predicted octanol–water partition coefficient (Wildman–Crippen LogP) is 2.73. The van der Waals surface area contributed by atoms with Crippen LogP contribution in [0.1, 0.15) is 68.1 Å². The van der Waals surface area contributed by atoms with Crippen molar-refractivity contribution in [3.8, 4) is 5.75 Å². The van der Waals surface area contributed by atoms with E-state index in [0.717, 1.165) is 0 Å². The number of hydrogen-bond donors (Lipinski definition) is 1. The normalized spacial score (nSPS) is 16.2. The number of amides is 4. The van der Waals surface area contributed by atoms with Crippen LogP contribution in [0.25, 0.3) is 0 Å². The van der Waals surface area contributed by atoms with Gasteiger partial charge in [-0.3, -0.25) is 24.1 Å². The zero-order valence-electron chi connectivity index (χ0n) is 19.0. The maximum atomic E-state index is 12.8. The molecule has 8 nitrogen and oxygen atoms in total. The highest BCUT2D eigenvalue weighted by Gasteiger charge is 2.37. The highest BCUT2D eigenvalue weighted by molar-refractivity contribution is 6.22. The number of carbonyl (C=O) groups is 4. The summed E-state index contributed by atoms with van der Waals surface area (Å²) in [6, 6.07) is 11.3. The number of imide groups is 1. The molecule has 0 bridgehead atoms. The Kier molecular flexibility index (Phi) is 6.18. The Morgan fingerprint density at radius 1 is 0.970 bits per heavy atom. The van der Waals surface area contributed by atoms with E-state index in [2.05, 4.69) is 5.32 Å². The second-order valence-electron chi connectivity index (χ2n) is 8.61. The molecule has 172 valence electrons. The van der Waals surface area contributed by atoms with Crippen molar-refractivity contribution in [3.05, 3.63) is 64.7 Å². The molecule has 2 heterocycles. The lowest BCUT2D eigenvalue weighted by Crippen LogP contribution is -2.46. The number of nitrogens with zero attached hydrogens (tertiary/aromatic N) is 2. The number of ether oxygens (including phenoxy) is 1. The van der Waals surface area contributed by atoms with E-state index in [0.29, 0.717) is 48.4 Å². The molecule has 4 amide bonds. The molecule has 0 aromatic heterocycles. The van der Waals surface area contributed by atoms with Gasteiger partial charge in [0.2, 0.25) is 0 Å². The number of fused-ring (bicyclic) bond motifs is 1. The minimum absolute atomic E-state index is 0.0600. The molecular formula is C25H27N3O5. The molecule has 0 unspecified atom stereocenters. The highest BCUT2D eigenvalue weighted by Crippen LogP contribution is 2.26. The Balaban J connectivity index is 1.37. The lowest BCUT2D eigenvalue weighted by molar-refractivity contribution is 0.0607. The van der Waals surface area contributed by atoms with Crippen LogP contribution in [0.2, 0.25) is 0 Å². The first kappa shape index (κ1) is 22.5. The number of hydrogen-bond acceptors (Lipinski definition) is 5. The fraction of sp³-hybridized carbons (Fsp3) is 0.360. The summed E-state index contributed by atoms with van der Waals surface area (Å²) in [4.78, 5) is 53.6. The van der Waals surface area contributed by atoms with Crippen molar-refractivity contribution in [2.45, 2.75) is 38.8 Å². The SMILES string of the molecule is COc1cccc(C(=O)N2CCC(NC(=O)c3ccc4c(c3)C(=O)N(C(C)C)C4=O)CC2)c1. The van der Waals surface area contributed by atoms with Crippen molar-refractivity contribution in [2.75, 3.05) is 20.2 Å². The predicted molar refractivity (Wildman–Crippen MR) is 121 cm³/mol. The van der Waals surface area contributed by atoms with Crippen LogP contribution < -0.4 is 10.1 Å². The van der Waals surface area contributed by atoms with Crippen LogP contribution in [-0.4, -0.2) is 65.7 Å². The van der Waals surface area contributed by atoms with E-state index < -0.39 is 0 Å². The summed E-state index contributed by atoms with van der Waals surface area (Å²) in [5.41, 5.74) is 1.51. The van der Waals surface area contributed by atoms with Gasteiger partial charge in [0.1, 0.15) is 5.75 Å². The summed E-state index contributed by atoms with van der Waals surface area (Å²) in [6.07, 6.45) is 1.26. The maximum absolute atomic E-state index is 12.8. The van der Waals surface area contributed by atoms with Crippen LogP contribution in [0.15, 0.2) is 42.5 Å². The molecule has 4 rings (SSSR count). The molecule has 1 N–H and O–H groups in total. The van der Waals surface area contributed by atoms with Crippen LogP contribution in [0.4, 0.5) is 0 Å². The van der Waals surface area contributed by atoms with Gasteiger partial charge in [-0.1, -0.05) is 6.07 Å². The van der Waals surface area contributed by atoms with E-state index in [1.165, 1.54) is 11.0 Å². The van der Waals surface area contributed by atoms with Gasteiger partial charge in [0.25, 0.3) is 23.6 Å². The Morgan fingerprint density at radius 2 is 1.67 bits per heavy atom. The Bertz CT molecular complexity index is 1120. The number of likely N-dealkylation sites (tertiary alicyclic amines) is 1. The first-order valence-electron chi connectivity index (χ1n) is 11.1. The summed E-state index contributed by atoms with van der Waals surface area (Å²) < 4.78 is 5.19. The van der Waals surface area contributed by atoms with E-state index in [1.54, 1.807) is 62.3 Å². The van der Waals surface area contributed by atoms with Gasteiger partial charge in [-0.15, -0.1) is 0 Å².